The Hall–Kier alpha value is -0.300. The van der Waals surface area contributed by atoms with E-state index in [2.05, 4.69) is 20.8 Å². The van der Waals surface area contributed by atoms with E-state index in [0.29, 0.717) is 0 Å². The summed E-state index contributed by atoms with van der Waals surface area (Å²) in [6.07, 6.45) is 7.49. The van der Waals surface area contributed by atoms with Crippen LogP contribution in [0.2, 0.25) is 0 Å². The van der Waals surface area contributed by atoms with Gasteiger partial charge < -0.3 is 5.11 Å². The minimum atomic E-state index is -0.647. The molecule has 0 amide bonds. The lowest BCUT2D eigenvalue weighted by Crippen LogP contribution is -2.40. The highest BCUT2D eigenvalue weighted by Crippen LogP contribution is 2.51. The van der Waals surface area contributed by atoms with Crippen LogP contribution in [-0.2, 0) is 0 Å². The maximum atomic E-state index is 10.5. The van der Waals surface area contributed by atoms with Crippen molar-refractivity contribution in [2.75, 3.05) is 0 Å². The summed E-state index contributed by atoms with van der Waals surface area (Å²) < 4.78 is 0. The molecule has 1 unspecified atom stereocenters. The first-order valence-corrected chi connectivity index (χ1v) is 6.18. The molecule has 88 valence electrons. The molecule has 0 radical (unpaired) electrons. The molecule has 0 saturated heterocycles. The van der Waals surface area contributed by atoms with E-state index < -0.39 is 5.60 Å². The van der Waals surface area contributed by atoms with Gasteiger partial charge in [-0.1, -0.05) is 32.9 Å². The Labute approximate surface area is 94.6 Å². The van der Waals surface area contributed by atoms with E-state index in [9.17, 15) is 5.11 Å². The van der Waals surface area contributed by atoms with E-state index in [0.717, 1.165) is 24.7 Å². The zero-order chi connectivity index (χ0) is 11.7. The Morgan fingerprint density at radius 2 is 2.07 bits per heavy atom. The first-order valence-electron chi connectivity index (χ1n) is 6.18. The fraction of sp³-hybridized carbons (Fsp3) is 0.857. The smallest absolute Gasteiger partial charge is 0.0852 e. The number of hydrogen-bond donors (Lipinski definition) is 1. The molecule has 0 aromatic rings. The van der Waals surface area contributed by atoms with Gasteiger partial charge in [0, 0.05) is 0 Å². The van der Waals surface area contributed by atoms with Gasteiger partial charge in [-0.3, -0.25) is 0 Å². The third-order valence-electron chi connectivity index (χ3n) is 4.44. The molecule has 1 N–H and O–H groups in total. The molecular formula is C14H26O. The zero-order valence-electron chi connectivity index (χ0n) is 10.9. The molecule has 0 aromatic carbocycles. The molecule has 0 bridgehead atoms. The Kier molecular flexibility index (Phi) is 3.65. The molecule has 1 rings (SSSR count). The third-order valence-corrected chi connectivity index (χ3v) is 4.44. The topological polar surface area (TPSA) is 20.2 Å². The van der Waals surface area contributed by atoms with Crippen LogP contribution in [0.3, 0.4) is 0 Å². The lowest BCUT2D eigenvalue weighted by Gasteiger charge is -2.38. The summed E-state index contributed by atoms with van der Waals surface area (Å²) in [5, 5.41) is 10.5. The molecular weight excluding hydrogens is 184 g/mol. The van der Waals surface area contributed by atoms with Gasteiger partial charge in [-0.15, -0.1) is 0 Å². The summed E-state index contributed by atoms with van der Waals surface area (Å²) in [5.41, 5.74) is -0.583. The molecule has 15 heavy (non-hydrogen) atoms. The molecule has 0 aliphatic heterocycles. The molecule has 1 fully saturated rings. The van der Waals surface area contributed by atoms with Gasteiger partial charge in [-0.05, 0) is 50.4 Å². The predicted molar refractivity (Wildman–Crippen MR) is 65.7 cm³/mol. The van der Waals surface area contributed by atoms with E-state index in [1.165, 1.54) is 6.42 Å². The summed E-state index contributed by atoms with van der Waals surface area (Å²) in [4.78, 5) is 0. The van der Waals surface area contributed by atoms with E-state index in [1.54, 1.807) is 0 Å². The fourth-order valence-corrected chi connectivity index (χ4v) is 2.84. The molecule has 1 heteroatoms. The second kappa shape index (κ2) is 4.29. The van der Waals surface area contributed by atoms with Gasteiger partial charge in [-0.2, -0.15) is 0 Å². The van der Waals surface area contributed by atoms with Gasteiger partial charge in [0.25, 0.3) is 0 Å². The highest BCUT2D eigenvalue weighted by molar-refractivity contribution is 5.09. The minimum Gasteiger partial charge on any atom is -0.386 e. The fourth-order valence-electron chi connectivity index (χ4n) is 2.84. The predicted octanol–water partition coefficient (Wildman–Crippen LogP) is 3.78. The number of allylic oxidation sites excluding steroid dienone is 1. The summed E-state index contributed by atoms with van der Waals surface area (Å²) in [6.45, 7) is 10.7. The SMILES string of the molecule is CC=CC(C)(O)[C@]1(C)CC[C@H](C(C)C)C1. The maximum absolute atomic E-state index is 10.5. The van der Waals surface area contributed by atoms with Crippen LogP contribution in [0.1, 0.15) is 53.9 Å². The highest BCUT2D eigenvalue weighted by Gasteiger charge is 2.46. The summed E-state index contributed by atoms with van der Waals surface area (Å²) in [7, 11) is 0. The van der Waals surface area contributed by atoms with E-state index in [-0.39, 0.29) is 5.41 Å². The van der Waals surface area contributed by atoms with Crippen LogP contribution in [0.5, 0.6) is 0 Å². The normalized spacial score (nSPS) is 36.3. The quantitative estimate of drug-likeness (QED) is 0.703. The van der Waals surface area contributed by atoms with E-state index >= 15 is 0 Å². The van der Waals surface area contributed by atoms with Crippen molar-refractivity contribution >= 4 is 0 Å². The van der Waals surface area contributed by atoms with Crippen molar-refractivity contribution in [2.24, 2.45) is 17.3 Å². The van der Waals surface area contributed by atoms with Crippen molar-refractivity contribution in [3.05, 3.63) is 12.2 Å². The molecule has 0 spiro atoms. The number of aliphatic hydroxyl groups is 1. The average Bonchev–Trinajstić information content (AvgIpc) is 2.49. The van der Waals surface area contributed by atoms with Crippen molar-refractivity contribution in [1.29, 1.82) is 0 Å². The van der Waals surface area contributed by atoms with Crippen LogP contribution in [-0.4, -0.2) is 10.7 Å². The Bertz CT molecular complexity index is 240. The maximum Gasteiger partial charge on any atom is 0.0852 e. The zero-order valence-corrected chi connectivity index (χ0v) is 10.9. The number of rotatable bonds is 3. The van der Waals surface area contributed by atoms with Gasteiger partial charge in [0.15, 0.2) is 0 Å². The minimum absolute atomic E-state index is 0.0639. The third kappa shape index (κ3) is 2.44. The lowest BCUT2D eigenvalue weighted by molar-refractivity contribution is -0.0189. The van der Waals surface area contributed by atoms with E-state index in [4.69, 9.17) is 0 Å². The van der Waals surface area contributed by atoms with Crippen LogP contribution in [0.15, 0.2) is 12.2 Å². The average molecular weight is 210 g/mol. The molecule has 1 nitrogen and oxygen atoms in total. The largest absolute Gasteiger partial charge is 0.386 e. The second-order valence-electron chi connectivity index (χ2n) is 5.96. The van der Waals surface area contributed by atoms with Gasteiger partial charge in [0.1, 0.15) is 0 Å². The molecule has 0 aromatic heterocycles. The first kappa shape index (κ1) is 12.8. The lowest BCUT2D eigenvalue weighted by atomic mass is 9.71. The van der Waals surface area contributed by atoms with Crippen LogP contribution < -0.4 is 0 Å². The monoisotopic (exact) mass is 210 g/mol. The molecule has 1 aliphatic carbocycles. The first-order chi connectivity index (χ1) is 6.82. The molecule has 1 saturated carbocycles. The van der Waals surface area contributed by atoms with Crippen molar-refractivity contribution in [1.82, 2.24) is 0 Å². The second-order valence-corrected chi connectivity index (χ2v) is 5.96. The highest BCUT2D eigenvalue weighted by atomic mass is 16.3. The Balaban J connectivity index is 2.78. The van der Waals surface area contributed by atoms with Crippen LogP contribution >= 0.6 is 0 Å². The van der Waals surface area contributed by atoms with Gasteiger partial charge >= 0.3 is 0 Å². The van der Waals surface area contributed by atoms with Gasteiger partial charge in [0.05, 0.1) is 5.60 Å². The summed E-state index contributed by atoms with van der Waals surface area (Å²) >= 11 is 0. The van der Waals surface area contributed by atoms with Gasteiger partial charge in [0.2, 0.25) is 0 Å². The van der Waals surface area contributed by atoms with Crippen LogP contribution in [0.25, 0.3) is 0 Å². The van der Waals surface area contributed by atoms with Crippen LogP contribution in [0, 0.1) is 17.3 Å². The molecule has 0 heterocycles. The Morgan fingerprint density at radius 1 is 1.47 bits per heavy atom. The van der Waals surface area contributed by atoms with Crippen molar-refractivity contribution in [2.45, 2.75) is 59.5 Å². The molecule has 1 aliphatic rings. The van der Waals surface area contributed by atoms with Crippen molar-refractivity contribution < 1.29 is 5.11 Å². The van der Waals surface area contributed by atoms with Crippen molar-refractivity contribution in [3.8, 4) is 0 Å². The Morgan fingerprint density at radius 3 is 2.47 bits per heavy atom. The van der Waals surface area contributed by atoms with Crippen LogP contribution in [0.4, 0.5) is 0 Å². The standard InChI is InChI=1S/C14H26O/c1-6-8-14(5,15)13(4)9-7-12(10-13)11(2)3/h6,8,11-12,15H,7,9-10H2,1-5H3/t12-,13+,14?/m0/s1. The summed E-state index contributed by atoms with van der Waals surface area (Å²) in [5.74, 6) is 1.53. The van der Waals surface area contributed by atoms with E-state index in [1.807, 2.05) is 26.0 Å². The summed E-state index contributed by atoms with van der Waals surface area (Å²) in [6, 6.07) is 0. The van der Waals surface area contributed by atoms with Crippen molar-refractivity contribution in [3.63, 3.8) is 0 Å². The van der Waals surface area contributed by atoms with Gasteiger partial charge in [-0.25, -0.2) is 0 Å². The molecule has 3 atom stereocenters. The number of hydrogen-bond acceptors (Lipinski definition) is 1.